The third-order valence-corrected chi connectivity index (χ3v) is 2.84. The fourth-order valence-electron chi connectivity index (χ4n) is 1.87. The van der Waals surface area contributed by atoms with Crippen molar-refractivity contribution in [3.8, 4) is 0 Å². The number of carbonyl (C=O) groups excluding carboxylic acids is 1. The predicted octanol–water partition coefficient (Wildman–Crippen LogP) is 3.04. The van der Waals surface area contributed by atoms with Gasteiger partial charge in [0, 0.05) is 5.56 Å². The van der Waals surface area contributed by atoms with Gasteiger partial charge in [0.05, 0.1) is 23.2 Å². The molecular formula is C14H16N2O2. The zero-order valence-corrected chi connectivity index (χ0v) is 10.7. The zero-order chi connectivity index (χ0) is 13.3. The lowest BCUT2D eigenvalue weighted by Gasteiger charge is -2.09. The van der Waals surface area contributed by atoms with E-state index in [2.05, 4.69) is 5.32 Å². The summed E-state index contributed by atoms with van der Waals surface area (Å²) in [5, 5.41) is 2.81. The van der Waals surface area contributed by atoms with E-state index in [9.17, 15) is 4.79 Å². The van der Waals surface area contributed by atoms with Crippen LogP contribution < -0.4 is 11.1 Å². The second-order valence-electron chi connectivity index (χ2n) is 4.39. The maximum atomic E-state index is 12.2. The molecule has 0 spiro atoms. The molecule has 94 valence electrons. The molecule has 0 radical (unpaired) electrons. The Balaban J connectivity index is 2.30. The van der Waals surface area contributed by atoms with Crippen LogP contribution in [0.25, 0.3) is 0 Å². The Hall–Kier alpha value is -2.23. The maximum Gasteiger partial charge on any atom is 0.259 e. The molecule has 1 amide bonds. The highest BCUT2D eigenvalue weighted by Gasteiger charge is 2.16. The van der Waals surface area contributed by atoms with Gasteiger partial charge in [0.1, 0.15) is 5.76 Å². The van der Waals surface area contributed by atoms with Crippen molar-refractivity contribution in [3.05, 3.63) is 46.9 Å². The summed E-state index contributed by atoms with van der Waals surface area (Å²) in [6, 6.07) is 5.53. The van der Waals surface area contributed by atoms with Gasteiger partial charge < -0.3 is 15.5 Å². The van der Waals surface area contributed by atoms with E-state index in [1.54, 1.807) is 19.3 Å². The maximum absolute atomic E-state index is 12.2. The summed E-state index contributed by atoms with van der Waals surface area (Å²) < 4.78 is 5.22. The number of nitrogen functional groups attached to an aromatic ring is 1. The van der Waals surface area contributed by atoms with E-state index in [1.807, 2.05) is 26.0 Å². The Bertz CT molecular complexity index is 580. The van der Waals surface area contributed by atoms with Crippen molar-refractivity contribution in [2.24, 2.45) is 0 Å². The smallest absolute Gasteiger partial charge is 0.259 e. The summed E-state index contributed by atoms with van der Waals surface area (Å²) in [5.41, 5.74) is 9.43. The number of rotatable bonds is 2. The molecule has 0 aliphatic carbocycles. The number of aryl methyl sites for hydroxylation is 3. The van der Waals surface area contributed by atoms with Gasteiger partial charge in [0.2, 0.25) is 0 Å². The van der Waals surface area contributed by atoms with Crippen LogP contribution in [0.2, 0.25) is 0 Å². The number of hydrogen-bond donors (Lipinski definition) is 2. The quantitative estimate of drug-likeness (QED) is 0.798. The molecule has 0 fully saturated rings. The molecule has 1 aromatic heterocycles. The van der Waals surface area contributed by atoms with Crippen LogP contribution in [-0.2, 0) is 0 Å². The highest BCUT2D eigenvalue weighted by atomic mass is 16.3. The number of nitrogens with two attached hydrogens (primary N) is 1. The lowest BCUT2D eigenvalue weighted by atomic mass is 10.1. The number of hydrogen-bond acceptors (Lipinski definition) is 3. The minimum absolute atomic E-state index is 0.198. The molecule has 18 heavy (non-hydrogen) atoms. The van der Waals surface area contributed by atoms with E-state index in [4.69, 9.17) is 10.2 Å². The van der Waals surface area contributed by atoms with E-state index in [0.29, 0.717) is 22.7 Å². The van der Waals surface area contributed by atoms with Crippen LogP contribution in [0.1, 0.15) is 27.2 Å². The molecule has 4 nitrogen and oxygen atoms in total. The molecule has 2 rings (SSSR count). The first kappa shape index (κ1) is 12.2. The number of carbonyl (C=O) groups is 1. The van der Waals surface area contributed by atoms with Crippen molar-refractivity contribution in [2.75, 3.05) is 11.1 Å². The van der Waals surface area contributed by atoms with Gasteiger partial charge in [0.15, 0.2) is 0 Å². The average Bonchev–Trinajstić information content (AvgIpc) is 2.63. The molecule has 3 N–H and O–H groups in total. The van der Waals surface area contributed by atoms with Crippen molar-refractivity contribution < 1.29 is 9.21 Å². The Morgan fingerprint density at radius 2 is 2.00 bits per heavy atom. The van der Waals surface area contributed by atoms with Crippen LogP contribution in [0.3, 0.4) is 0 Å². The van der Waals surface area contributed by atoms with Gasteiger partial charge in [0.25, 0.3) is 5.91 Å². The Labute approximate surface area is 106 Å². The molecule has 1 heterocycles. The van der Waals surface area contributed by atoms with E-state index < -0.39 is 0 Å². The number of anilines is 2. The van der Waals surface area contributed by atoms with Crippen molar-refractivity contribution >= 4 is 17.3 Å². The number of amides is 1. The third-order valence-electron chi connectivity index (χ3n) is 2.84. The van der Waals surface area contributed by atoms with Gasteiger partial charge >= 0.3 is 0 Å². The SMILES string of the molecule is Cc1ccc(N)c(NC(=O)c2c(C)coc2C)c1. The summed E-state index contributed by atoms with van der Waals surface area (Å²) in [6.45, 7) is 5.55. The zero-order valence-electron chi connectivity index (χ0n) is 10.7. The lowest BCUT2D eigenvalue weighted by Crippen LogP contribution is -2.14. The Morgan fingerprint density at radius 3 is 2.61 bits per heavy atom. The standard InChI is InChI=1S/C14H16N2O2/c1-8-4-5-11(15)12(6-8)16-14(17)13-9(2)7-18-10(13)3/h4-7H,15H2,1-3H3,(H,16,17). The minimum atomic E-state index is -0.198. The first-order valence-electron chi connectivity index (χ1n) is 5.71. The highest BCUT2D eigenvalue weighted by molar-refractivity contribution is 6.07. The van der Waals surface area contributed by atoms with E-state index in [0.717, 1.165) is 11.1 Å². The van der Waals surface area contributed by atoms with Crippen LogP contribution in [0, 0.1) is 20.8 Å². The second-order valence-corrected chi connectivity index (χ2v) is 4.39. The largest absolute Gasteiger partial charge is 0.469 e. The first-order chi connectivity index (χ1) is 8.49. The molecule has 0 bridgehead atoms. The monoisotopic (exact) mass is 244 g/mol. The first-order valence-corrected chi connectivity index (χ1v) is 5.71. The topological polar surface area (TPSA) is 68.3 Å². The van der Waals surface area contributed by atoms with E-state index in [-0.39, 0.29) is 5.91 Å². The van der Waals surface area contributed by atoms with Crippen molar-refractivity contribution in [3.63, 3.8) is 0 Å². The summed E-state index contributed by atoms with van der Waals surface area (Å²) in [4.78, 5) is 12.2. The minimum Gasteiger partial charge on any atom is -0.469 e. The van der Waals surface area contributed by atoms with Gasteiger partial charge in [-0.3, -0.25) is 4.79 Å². The summed E-state index contributed by atoms with van der Waals surface area (Å²) in [6.07, 6.45) is 1.57. The molecule has 0 saturated heterocycles. The molecule has 4 heteroatoms. The van der Waals surface area contributed by atoms with Gasteiger partial charge in [-0.1, -0.05) is 6.07 Å². The molecule has 0 unspecified atom stereocenters. The Morgan fingerprint density at radius 1 is 1.28 bits per heavy atom. The normalized spacial score (nSPS) is 10.4. The molecule has 0 aliphatic rings. The van der Waals surface area contributed by atoms with Crippen LogP contribution in [0.15, 0.2) is 28.9 Å². The van der Waals surface area contributed by atoms with Gasteiger partial charge in [-0.05, 0) is 38.5 Å². The Kier molecular flexibility index (Phi) is 3.10. The van der Waals surface area contributed by atoms with E-state index in [1.165, 1.54) is 0 Å². The van der Waals surface area contributed by atoms with Crippen LogP contribution in [0.4, 0.5) is 11.4 Å². The van der Waals surface area contributed by atoms with Gasteiger partial charge in [-0.25, -0.2) is 0 Å². The average molecular weight is 244 g/mol. The van der Waals surface area contributed by atoms with Crippen molar-refractivity contribution in [1.82, 2.24) is 0 Å². The fourth-order valence-corrected chi connectivity index (χ4v) is 1.87. The van der Waals surface area contributed by atoms with Crippen LogP contribution in [-0.4, -0.2) is 5.91 Å². The van der Waals surface area contributed by atoms with Crippen molar-refractivity contribution in [2.45, 2.75) is 20.8 Å². The molecular weight excluding hydrogens is 228 g/mol. The molecule has 0 atom stereocenters. The summed E-state index contributed by atoms with van der Waals surface area (Å²) >= 11 is 0. The van der Waals surface area contributed by atoms with Gasteiger partial charge in [-0.2, -0.15) is 0 Å². The highest BCUT2D eigenvalue weighted by Crippen LogP contribution is 2.22. The summed E-state index contributed by atoms with van der Waals surface area (Å²) in [7, 11) is 0. The molecule has 2 aromatic rings. The third kappa shape index (κ3) is 2.22. The molecule has 0 saturated carbocycles. The number of nitrogens with one attached hydrogen (secondary N) is 1. The van der Waals surface area contributed by atoms with Crippen LogP contribution >= 0.6 is 0 Å². The predicted molar refractivity (Wildman–Crippen MR) is 71.7 cm³/mol. The molecule has 1 aromatic carbocycles. The molecule has 0 aliphatic heterocycles. The number of furan rings is 1. The van der Waals surface area contributed by atoms with Crippen LogP contribution in [0.5, 0.6) is 0 Å². The van der Waals surface area contributed by atoms with Crippen molar-refractivity contribution in [1.29, 1.82) is 0 Å². The van der Waals surface area contributed by atoms with E-state index >= 15 is 0 Å². The number of benzene rings is 1. The fraction of sp³-hybridized carbons (Fsp3) is 0.214. The van der Waals surface area contributed by atoms with Gasteiger partial charge in [-0.15, -0.1) is 0 Å². The summed E-state index contributed by atoms with van der Waals surface area (Å²) in [5.74, 6) is 0.410. The lowest BCUT2D eigenvalue weighted by molar-refractivity contribution is 0.102. The second kappa shape index (κ2) is 4.56.